The topological polar surface area (TPSA) is 149 Å². The van der Waals surface area contributed by atoms with E-state index in [2.05, 4.69) is 67.8 Å². The maximum atomic E-state index is 13.2. The van der Waals surface area contributed by atoms with Gasteiger partial charge in [-0.2, -0.15) is 0 Å². The smallest absolute Gasteiger partial charge is 0.220 e. The van der Waals surface area contributed by atoms with E-state index in [9.17, 15) is 30.3 Å². The highest BCUT2D eigenvalue weighted by molar-refractivity contribution is 5.76. The molecule has 1 aliphatic heterocycles. The van der Waals surface area contributed by atoms with Crippen LogP contribution in [0.1, 0.15) is 361 Å². The van der Waals surface area contributed by atoms with Crippen molar-refractivity contribution in [3.05, 3.63) is 48.6 Å². The lowest BCUT2D eigenvalue weighted by Crippen LogP contribution is -2.60. The summed E-state index contributed by atoms with van der Waals surface area (Å²) < 4.78 is 11.4. The third kappa shape index (κ3) is 51.9. The fourth-order valence-electron chi connectivity index (χ4n) is 11.8. The summed E-state index contributed by atoms with van der Waals surface area (Å²) >= 11 is 0. The summed E-state index contributed by atoms with van der Waals surface area (Å²) in [4.78, 5) is 13.2. The molecule has 488 valence electrons. The predicted octanol–water partition coefficient (Wildman–Crippen LogP) is 20.0. The second kappa shape index (κ2) is 63.2. The van der Waals surface area contributed by atoms with Crippen LogP contribution in [-0.4, -0.2) is 87.5 Å². The number of carbonyl (C=O) groups excluding carboxylic acids is 1. The average molecular weight is 1170 g/mol. The van der Waals surface area contributed by atoms with E-state index in [1.54, 1.807) is 0 Å². The molecule has 1 fully saturated rings. The lowest BCUT2D eigenvalue weighted by Gasteiger charge is -2.40. The van der Waals surface area contributed by atoms with Gasteiger partial charge in [-0.05, 0) is 51.4 Å². The molecule has 1 amide bonds. The Morgan fingerprint density at radius 2 is 0.747 bits per heavy atom. The van der Waals surface area contributed by atoms with Crippen LogP contribution in [0.2, 0.25) is 0 Å². The molecule has 0 aromatic carbocycles. The second-order valence-electron chi connectivity index (χ2n) is 25.4. The van der Waals surface area contributed by atoms with E-state index in [0.717, 1.165) is 64.2 Å². The van der Waals surface area contributed by atoms with Crippen molar-refractivity contribution >= 4 is 5.91 Å². The third-order valence-corrected chi connectivity index (χ3v) is 17.4. The monoisotopic (exact) mass is 1170 g/mol. The summed E-state index contributed by atoms with van der Waals surface area (Å²) in [5.74, 6) is -0.136. The van der Waals surface area contributed by atoms with Gasteiger partial charge in [-0.15, -0.1) is 0 Å². The number of amides is 1. The molecule has 7 unspecified atom stereocenters. The molecule has 1 heterocycles. The molecule has 9 heteroatoms. The molecule has 83 heavy (non-hydrogen) atoms. The number of aliphatic hydroxyl groups excluding tert-OH is 5. The molecule has 0 aromatic rings. The van der Waals surface area contributed by atoms with E-state index in [4.69, 9.17) is 9.47 Å². The Labute approximate surface area is 514 Å². The summed E-state index contributed by atoms with van der Waals surface area (Å²) in [6.45, 7) is 3.78. The quantitative estimate of drug-likeness (QED) is 0.0261. The number of rotatable bonds is 64. The van der Waals surface area contributed by atoms with Crippen LogP contribution >= 0.6 is 0 Å². The van der Waals surface area contributed by atoms with E-state index in [-0.39, 0.29) is 12.5 Å². The molecule has 1 saturated heterocycles. The van der Waals surface area contributed by atoms with Gasteiger partial charge in [0, 0.05) is 6.42 Å². The third-order valence-electron chi connectivity index (χ3n) is 17.4. The van der Waals surface area contributed by atoms with Crippen molar-refractivity contribution in [2.75, 3.05) is 13.2 Å². The summed E-state index contributed by atoms with van der Waals surface area (Å²) in [6, 6.07) is -0.719. The molecule has 0 aromatic heterocycles. The standard InChI is InChI=1S/C74H139NO8/c1-3-5-7-9-11-13-15-17-19-21-23-25-27-29-30-31-32-33-34-35-36-37-38-40-42-44-46-48-50-52-54-56-58-60-62-64-70(78)75-67(66-82-74-73(81)72(80)71(79)69(65-76)83-74)68(77)63-61-59-57-55-53-51-49-47-45-43-41-39-28-26-24-22-20-18-16-14-12-10-8-6-4-2/h5,7,11,13,17,19,23,25,67-69,71-74,76-77,79-81H,3-4,6,8-10,12,14-16,18,20-22,24,26-66H2,1-2H3,(H,75,78)/b7-5-,13-11-,19-17-,25-23-. The maximum Gasteiger partial charge on any atom is 0.220 e. The van der Waals surface area contributed by atoms with Gasteiger partial charge >= 0.3 is 0 Å². The van der Waals surface area contributed by atoms with Crippen LogP contribution in [0.5, 0.6) is 0 Å². The fraction of sp³-hybridized carbons (Fsp3) is 0.878. The predicted molar refractivity (Wildman–Crippen MR) is 355 cm³/mol. The van der Waals surface area contributed by atoms with E-state index >= 15 is 0 Å². The number of hydrogen-bond donors (Lipinski definition) is 6. The molecule has 6 N–H and O–H groups in total. The van der Waals surface area contributed by atoms with Gasteiger partial charge in [0.25, 0.3) is 0 Å². The van der Waals surface area contributed by atoms with Crippen molar-refractivity contribution in [2.24, 2.45) is 0 Å². The average Bonchev–Trinajstić information content (AvgIpc) is 3.60. The van der Waals surface area contributed by atoms with Crippen LogP contribution in [0.25, 0.3) is 0 Å². The van der Waals surface area contributed by atoms with Crippen molar-refractivity contribution in [2.45, 2.75) is 403 Å². The van der Waals surface area contributed by atoms with Gasteiger partial charge in [0.1, 0.15) is 24.4 Å². The van der Waals surface area contributed by atoms with Crippen LogP contribution in [0.15, 0.2) is 48.6 Å². The molecule has 0 bridgehead atoms. The second-order valence-corrected chi connectivity index (χ2v) is 25.4. The van der Waals surface area contributed by atoms with E-state index < -0.39 is 49.5 Å². The highest BCUT2D eigenvalue weighted by Gasteiger charge is 2.44. The van der Waals surface area contributed by atoms with Crippen molar-refractivity contribution in [1.82, 2.24) is 5.32 Å². The molecule has 0 saturated carbocycles. The largest absolute Gasteiger partial charge is 0.394 e. The number of aliphatic hydroxyl groups is 5. The zero-order chi connectivity index (χ0) is 60.0. The summed E-state index contributed by atoms with van der Waals surface area (Å²) in [6.07, 6.45) is 79.0. The number of unbranched alkanes of at least 4 members (excludes halogenated alkanes) is 46. The molecule has 0 aliphatic carbocycles. The Bertz CT molecular complexity index is 1450. The minimum atomic E-state index is -1.55. The fourth-order valence-corrected chi connectivity index (χ4v) is 11.8. The summed E-state index contributed by atoms with van der Waals surface area (Å²) in [5, 5.41) is 55.0. The summed E-state index contributed by atoms with van der Waals surface area (Å²) in [7, 11) is 0. The SMILES string of the molecule is CC/C=C\C/C=C\C/C=C\C/C=C\CCCCCCCCCCCCCCCCCCCCCCCCC(=O)NC(COC1OC(CO)C(O)C(O)C1O)C(O)CCCCCCCCCCCCCCCCCCCCCCCCCCC. The Hall–Kier alpha value is -1.85. The van der Waals surface area contributed by atoms with E-state index in [1.807, 2.05) is 0 Å². The van der Waals surface area contributed by atoms with Crippen LogP contribution in [0.3, 0.4) is 0 Å². The number of ether oxygens (including phenoxy) is 2. The zero-order valence-electron chi connectivity index (χ0n) is 54.7. The Morgan fingerprint density at radius 3 is 1.11 bits per heavy atom. The maximum absolute atomic E-state index is 13.2. The van der Waals surface area contributed by atoms with Crippen LogP contribution in [0, 0.1) is 0 Å². The lowest BCUT2D eigenvalue weighted by molar-refractivity contribution is -0.302. The minimum Gasteiger partial charge on any atom is -0.394 e. The summed E-state index contributed by atoms with van der Waals surface area (Å²) in [5.41, 5.74) is 0. The number of carbonyl (C=O) groups is 1. The highest BCUT2D eigenvalue weighted by Crippen LogP contribution is 2.24. The molecule has 9 nitrogen and oxygen atoms in total. The number of nitrogens with one attached hydrogen (secondary N) is 1. The van der Waals surface area contributed by atoms with Gasteiger partial charge in [0.2, 0.25) is 5.91 Å². The van der Waals surface area contributed by atoms with Crippen LogP contribution < -0.4 is 5.32 Å². The zero-order valence-corrected chi connectivity index (χ0v) is 54.7. The molecular formula is C74H139NO8. The Morgan fingerprint density at radius 1 is 0.422 bits per heavy atom. The van der Waals surface area contributed by atoms with Gasteiger partial charge in [0.15, 0.2) is 6.29 Å². The van der Waals surface area contributed by atoms with Crippen LogP contribution in [0.4, 0.5) is 0 Å². The van der Waals surface area contributed by atoms with Crippen molar-refractivity contribution < 1.29 is 39.8 Å². The van der Waals surface area contributed by atoms with E-state index in [0.29, 0.717) is 12.8 Å². The van der Waals surface area contributed by atoms with Gasteiger partial charge < -0.3 is 40.3 Å². The van der Waals surface area contributed by atoms with E-state index in [1.165, 1.54) is 270 Å². The van der Waals surface area contributed by atoms with Gasteiger partial charge in [-0.1, -0.05) is 351 Å². The molecular weight excluding hydrogens is 1030 g/mol. The Balaban J connectivity index is 2.07. The minimum absolute atomic E-state index is 0.134. The van der Waals surface area contributed by atoms with Gasteiger partial charge in [-0.3, -0.25) is 4.79 Å². The van der Waals surface area contributed by atoms with Crippen molar-refractivity contribution in [3.63, 3.8) is 0 Å². The normalized spacial score (nSPS) is 18.5. The molecule has 7 atom stereocenters. The van der Waals surface area contributed by atoms with Gasteiger partial charge in [-0.25, -0.2) is 0 Å². The van der Waals surface area contributed by atoms with Crippen molar-refractivity contribution in [3.8, 4) is 0 Å². The molecule has 0 spiro atoms. The Kier molecular flexibility index (Phi) is 60.3. The first-order valence-electron chi connectivity index (χ1n) is 36.3. The molecule has 0 radical (unpaired) electrons. The first-order valence-corrected chi connectivity index (χ1v) is 36.3. The number of hydrogen-bond acceptors (Lipinski definition) is 8. The molecule has 1 rings (SSSR count). The van der Waals surface area contributed by atoms with Gasteiger partial charge in [0.05, 0.1) is 25.4 Å². The number of allylic oxidation sites excluding steroid dienone is 8. The first-order chi connectivity index (χ1) is 40.8. The first kappa shape index (κ1) is 79.2. The molecule has 1 aliphatic rings. The lowest BCUT2D eigenvalue weighted by atomic mass is 9.99. The highest BCUT2D eigenvalue weighted by atomic mass is 16.7. The van der Waals surface area contributed by atoms with Crippen LogP contribution in [-0.2, 0) is 14.3 Å². The van der Waals surface area contributed by atoms with Crippen molar-refractivity contribution in [1.29, 1.82) is 0 Å².